The first kappa shape index (κ1) is 43.1. The van der Waals surface area contributed by atoms with Gasteiger partial charge in [0.1, 0.15) is 0 Å². The van der Waals surface area contributed by atoms with E-state index >= 15 is 0 Å². The Morgan fingerprint density at radius 1 is 0.923 bits per heavy atom. The van der Waals surface area contributed by atoms with Crippen molar-refractivity contribution in [1.29, 1.82) is 0 Å². The summed E-state index contributed by atoms with van der Waals surface area (Å²) in [6.07, 6.45) is -1.63. The Kier molecular flexibility index (Phi) is 13.6. The summed E-state index contributed by atoms with van der Waals surface area (Å²) in [5.74, 6) is -2.66. The van der Waals surface area contributed by atoms with Crippen LogP contribution in [-0.4, -0.2) is 22.1 Å². The second-order valence-corrected chi connectivity index (χ2v) is 17.4. The SMILES string of the molecule is CC(C)/C(O)=C/C(=O)C(F)(F)F.Cc1cc(CC(C)(C)C)cc(C)c1-c1sc2c(-c3[c-]c4ccccc4c(C(C)(C)C)c3)nccc2c1C(C)C.[Ir]. The number of halogens is 3. The van der Waals surface area contributed by atoms with Gasteiger partial charge in [0.15, 0.2) is 0 Å². The van der Waals surface area contributed by atoms with Crippen molar-refractivity contribution in [2.45, 2.75) is 107 Å². The number of carbonyl (C=O) groups is 1. The van der Waals surface area contributed by atoms with Crippen LogP contribution in [0.4, 0.5) is 13.2 Å². The number of allylic oxidation sites excluding steroid dienone is 2. The molecule has 0 aliphatic rings. The van der Waals surface area contributed by atoms with Gasteiger partial charge < -0.3 is 5.11 Å². The largest absolute Gasteiger partial charge is 0.512 e. The molecule has 0 unspecified atom stereocenters. The molecule has 281 valence electrons. The molecule has 3 nitrogen and oxygen atoms in total. The summed E-state index contributed by atoms with van der Waals surface area (Å²) in [4.78, 5) is 16.6. The number of aryl methyl sites for hydroxylation is 2. The van der Waals surface area contributed by atoms with E-state index in [0.717, 1.165) is 23.1 Å². The van der Waals surface area contributed by atoms with E-state index in [4.69, 9.17) is 10.1 Å². The molecule has 2 heterocycles. The molecule has 1 N–H and O–H groups in total. The number of thiophene rings is 1. The molecule has 0 aliphatic carbocycles. The average molecular weight is 907 g/mol. The molecule has 0 fully saturated rings. The van der Waals surface area contributed by atoms with Crippen LogP contribution in [0.2, 0.25) is 0 Å². The van der Waals surface area contributed by atoms with Crippen LogP contribution in [0, 0.1) is 31.2 Å². The zero-order valence-electron chi connectivity index (χ0n) is 32.3. The molecule has 8 heteroatoms. The van der Waals surface area contributed by atoms with E-state index in [1.54, 1.807) is 0 Å². The molecule has 0 spiro atoms. The predicted molar refractivity (Wildman–Crippen MR) is 209 cm³/mol. The first-order chi connectivity index (χ1) is 23.5. The second-order valence-electron chi connectivity index (χ2n) is 16.4. The van der Waals surface area contributed by atoms with Gasteiger partial charge in [-0.25, -0.2) is 0 Å². The van der Waals surface area contributed by atoms with Gasteiger partial charge in [-0.1, -0.05) is 111 Å². The molecule has 5 rings (SSSR count). The zero-order valence-corrected chi connectivity index (χ0v) is 35.5. The maximum Gasteiger partial charge on any atom is 0.454 e. The summed E-state index contributed by atoms with van der Waals surface area (Å²) in [7, 11) is 0. The Bertz CT molecular complexity index is 2070. The number of aromatic nitrogens is 1. The van der Waals surface area contributed by atoms with E-state index in [0.29, 0.717) is 5.92 Å². The number of alkyl halides is 3. The Balaban J connectivity index is 0.000000484. The van der Waals surface area contributed by atoms with Crippen LogP contribution in [0.1, 0.15) is 103 Å². The van der Waals surface area contributed by atoms with Crippen LogP contribution in [0.5, 0.6) is 0 Å². The van der Waals surface area contributed by atoms with E-state index in [9.17, 15) is 18.0 Å². The Morgan fingerprint density at radius 3 is 2.04 bits per heavy atom. The molecular formula is C44H51F3IrNO2S-. The third-order valence-corrected chi connectivity index (χ3v) is 10.0. The van der Waals surface area contributed by atoms with E-state index in [-0.39, 0.29) is 37.0 Å². The summed E-state index contributed by atoms with van der Waals surface area (Å²) in [6, 6.07) is 21.8. The number of fused-ring (bicyclic) bond motifs is 2. The quantitative estimate of drug-likeness (QED) is 0.105. The van der Waals surface area contributed by atoms with Crippen LogP contribution in [-0.2, 0) is 36.7 Å². The molecule has 2 aromatic heterocycles. The molecule has 3 aromatic carbocycles. The number of aliphatic hydroxyl groups is 1. The zero-order chi connectivity index (χ0) is 38.2. The van der Waals surface area contributed by atoms with Crippen LogP contribution in [0.3, 0.4) is 0 Å². The summed E-state index contributed by atoms with van der Waals surface area (Å²) in [6.45, 7) is 26.0. The van der Waals surface area contributed by atoms with E-state index in [1.807, 2.05) is 17.5 Å². The minimum Gasteiger partial charge on any atom is -0.512 e. The molecule has 0 saturated carbocycles. The molecule has 5 aromatic rings. The molecule has 0 amide bonds. The van der Waals surface area contributed by atoms with Crippen molar-refractivity contribution in [1.82, 2.24) is 4.98 Å². The molecule has 1 radical (unpaired) electrons. The first-order valence-corrected chi connectivity index (χ1v) is 18.3. The van der Waals surface area contributed by atoms with E-state index in [2.05, 4.69) is 124 Å². The summed E-state index contributed by atoms with van der Waals surface area (Å²) in [5.41, 5.74) is 10.7. The Morgan fingerprint density at radius 2 is 1.52 bits per heavy atom. The van der Waals surface area contributed by atoms with Gasteiger partial charge in [0.2, 0.25) is 0 Å². The molecule has 0 saturated heterocycles. The fourth-order valence-electron chi connectivity index (χ4n) is 6.48. The summed E-state index contributed by atoms with van der Waals surface area (Å²) >= 11 is 1.91. The number of pyridine rings is 1. The van der Waals surface area contributed by atoms with Gasteiger partial charge >= 0.3 is 6.18 Å². The van der Waals surface area contributed by atoms with Crippen molar-refractivity contribution in [3.63, 3.8) is 0 Å². The third kappa shape index (κ3) is 10.0. The van der Waals surface area contributed by atoms with E-state index < -0.39 is 23.6 Å². The minimum absolute atomic E-state index is 0. The van der Waals surface area contributed by atoms with Crippen LogP contribution in [0.25, 0.3) is 42.6 Å². The number of nitrogens with zero attached hydrogens (tertiary/aromatic N) is 1. The van der Waals surface area contributed by atoms with Gasteiger partial charge in [0, 0.05) is 53.6 Å². The summed E-state index contributed by atoms with van der Waals surface area (Å²) < 4.78 is 36.0. The van der Waals surface area contributed by atoms with Crippen molar-refractivity contribution in [2.24, 2.45) is 11.3 Å². The van der Waals surface area contributed by atoms with Crippen LogP contribution in [0.15, 0.2) is 66.6 Å². The van der Waals surface area contributed by atoms with Crippen LogP contribution >= 0.6 is 11.3 Å². The number of ketones is 1. The number of rotatable bonds is 6. The van der Waals surface area contributed by atoms with Crippen molar-refractivity contribution in [2.75, 3.05) is 0 Å². The second kappa shape index (κ2) is 16.4. The normalized spacial score (nSPS) is 12.7. The van der Waals surface area contributed by atoms with Gasteiger partial charge in [-0.2, -0.15) is 13.2 Å². The van der Waals surface area contributed by atoms with Gasteiger partial charge in [0.25, 0.3) is 5.78 Å². The number of hydrogen-bond donors (Lipinski definition) is 1. The smallest absolute Gasteiger partial charge is 0.454 e. The molecule has 52 heavy (non-hydrogen) atoms. The number of aliphatic hydroxyl groups excluding tert-OH is 1. The monoisotopic (exact) mass is 907 g/mol. The first-order valence-electron chi connectivity index (χ1n) is 17.5. The molecule has 0 atom stereocenters. The van der Waals surface area contributed by atoms with Crippen molar-refractivity contribution < 1.29 is 43.2 Å². The third-order valence-electron chi connectivity index (χ3n) is 8.76. The minimum atomic E-state index is -4.90. The predicted octanol–water partition coefficient (Wildman–Crippen LogP) is 13.4. The molecule has 0 bridgehead atoms. The fraction of sp³-hybridized carbons (Fsp3) is 0.409. The average Bonchev–Trinajstić information content (AvgIpc) is 3.38. The summed E-state index contributed by atoms with van der Waals surface area (Å²) in [5, 5.41) is 12.6. The van der Waals surface area contributed by atoms with Gasteiger partial charge in [-0.05, 0) is 76.3 Å². The fourth-order valence-corrected chi connectivity index (χ4v) is 8.11. The van der Waals surface area contributed by atoms with E-state index in [1.165, 1.54) is 67.6 Å². The Labute approximate surface area is 325 Å². The standard InChI is InChI=1S/C37H42NS.C7H9F3O2.Ir/c1-22(2)31-29-15-16-38-33(27-19-26-13-11-12-14-28(26)30(20-27)37(8,9)10)34(29)39-35(31)32-23(3)17-25(18-24(32)4)21-36(5,6)7;1-4(2)5(11)3-6(12)7(8,9)10;/h11-18,20,22H,21H2,1-10H3;3-4,11H,1-2H3;/q-1;;/b;5-3-;. The molecular weight excluding hydrogens is 856 g/mol. The maximum atomic E-state index is 11.6. The number of benzene rings is 3. The number of hydrogen-bond acceptors (Lipinski definition) is 4. The number of carbonyl (C=O) groups excluding carboxylic acids is 1. The molecule has 0 aliphatic heterocycles. The maximum absolute atomic E-state index is 11.6. The van der Waals surface area contributed by atoms with Crippen molar-refractivity contribution in [3.05, 3.63) is 100 Å². The van der Waals surface area contributed by atoms with Crippen LogP contribution < -0.4 is 0 Å². The van der Waals surface area contributed by atoms with Gasteiger partial charge in [0.05, 0.1) is 5.76 Å². The van der Waals surface area contributed by atoms with Crippen molar-refractivity contribution >= 4 is 38.0 Å². The Hall–Kier alpha value is -3.32. The van der Waals surface area contributed by atoms with Gasteiger partial charge in [-0.15, -0.1) is 40.5 Å². The topological polar surface area (TPSA) is 50.2 Å². The van der Waals surface area contributed by atoms with Crippen molar-refractivity contribution in [3.8, 4) is 21.7 Å². The van der Waals surface area contributed by atoms with Gasteiger partial charge in [-0.3, -0.25) is 9.78 Å².